The largest absolute Gasteiger partial charge is 0.288 e. The normalized spacial score (nSPS) is 23.9. The van der Waals surface area contributed by atoms with Gasteiger partial charge in [0.15, 0.2) is 0 Å². The van der Waals surface area contributed by atoms with Gasteiger partial charge in [-0.3, -0.25) is 4.90 Å². The average Bonchev–Trinajstić information content (AvgIpc) is 1.84. The van der Waals surface area contributed by atoms with Crippen LogP contribution in [0.4, 0.5) is 8.78 Å². The molecule has 0 N–H and O–H groups in total. The summed E-state index contributed by atoms with van der Waals surface area (Å²) in [5.74, 6) is -2.42. The van der Waals surface area contributed by atoms with Crippen molar-refractivity contribution in [2.45, 2.75) is 19.3 Å². The Bertz CT molecular complexity index is 146. The van der Waals surface area contributed by atoms with Crippen molar-refractivity contribution in [3.8, 4) is 0 Å². The van der Waals surface area contributed by atoms with E-state index in [4.69, 9.17) is 0 Å². The van der Waals surface area contributed by atoms with E-state index in [1.54, 1.807) is 4.90 Å². The molecule has 1 fully saturated rings. The lowest BCUT2D eigenvalue weighted by Crippen LogP contribution is -2.55. The molecule has 0 aromatic rings. The third kappa shape index (κ3) is 2.58. The smallest absolute Gasteiger partial charge is 0.272 e. The van der Waals surface area contributed by atoms with Gasteiger partial charge in [0, 0.05) is 6.54 Å². The van der Waals surface area contributed by atoms with Crippen LogP contribution < -0.4 is 0 Å². The Hall–Kier alpha value is -0.440. The average molecular weight is 161 g/mol. The van der Waals surface area contributed by atoms with Crippen molar-refractivity contribution >= 4 is 0 Å². The molecule has 0 spiro atoms. The number of alkyl halides is 2. The molecular weight excluding hydrogens is 148 g/mol. The van der Waals surface area contributed by atoms with Gasteiger partial charge >= 0.3 is 0 Å². The van der Waals surface area contributed by atoms with Crippen LogP contribution in [-0.2, 0) is 0 Å². The number of halogens is 2. The first kappa shape index (κ1) is 8.65. The molecule has 1 saturated heterocycles. The van der Waals surface area contributed by atoms with Crippen molar-refractivity contribution in [2.24, 2.45) is 0 Å². The molecule has 0 amide bonds. The summed E-state index contributed by atoms with van der Waals surface area (Å²) in [5, 5.41) is 0. The number of hydrogen-bond donors (Lipinski definition) is 0. The van der Waals surface area contributed by atoms with E-state index in [0.29, 0.717) is 6.54 Å². The van der Waals surface area contributed by atoms with Crippen LogP contribution >= 0.6 is 0 Å². The third-order valence-electron chi connectivity index (χ3n) is 1.68. The number of likely N-dealkylation sites (tertiary alicyclic amines) is 1. The molecule has 0 atom stereocenters. The van der Waals surface area contributed by atoms with Crippen LogP contribution in [0.15, 0.2) is 12.2 Å². The predicted octanol–water partition coefficient (Wildman–Crippen LogP) is 1.90. The molecule has 64 valence electrons. The Morgan fingerprint density at radius 2 is 2.00 bits per heavy atom. The highest BCUT2D eigenvalue weighted by atomic mass is 19.3. The highest BCUT2D eigenvalue weighted by Crippen LogP contribution is 2.25. The maximum absolute atomic E-state index is 12.2. The lowest BCUT2D eigenvalue weighted by molar-refractivity contribution is -0.125. The number of hydrogen-bond acceptors (Lipinski definition) is 1. The maximum atomic E-state index is 12.2. The van der Waals surface area contributed by atoms with Gasteiger partial charge in [-0.2, -0.15) is 0 Å². The quantitative estimate of drug-likeness (QED) is 0.571. The molecule has 1 nitrogen and oxygen atoms in total. The summed E-state index contributed by atoms with van der Waals surface area (Å²) in [4.78, 5) is 1.73. The lowest BCUT2D eigenvalue weighted by Gasteiger charge is -2.37. The fraction of sp³-hybridized carbons (Fsp3) is 0.750. The maximum Gasteiger partial charge on any atom is 0.272 e. The van der Waals surface area contributed by atoms with Crippen molar-refractivity contribution in [2.75, 3.05) is 19.6 Å². The minimum Gasteiger partial charge on any atom is -0.288 e. The summed E-state index contributed by atoms with van der Waals surface area (Å²) in [7, 11) is 0. The van der Waals surface area contributed by atoms with Crippen LogP contribution in [-0.4, -0.2) is 30.5 Å². The van der Waals surface area contributed by atoms with E-state index in [0.717, 1.165) is 6.42 Å². The number of rotatable bonds is 3. The lowest BCUT2D eigenvalue weighted by atomic mass is 10.1. The van der Waals surface area contributed by atoms with E-state index in [2.05, 4.69) is 0 Å². The van der Waals surface area contributed by atoms with E-state index in [9.17, 15) is 8.78 Å². The fourth-order valence-corrected chi connectivity index (χ4v) is 1.13. The topological polar surface area (TPSA) is 3.24 Å². The van der Waals surface area contributed by atoms with Crippen LogP contribution in [0.5, 0.6) is 0 Å². The van der Waals surface area contributed by atoms with Gasteiger partial charge in [-0.05, 0) is 6.42 Å². The molecule has 0 saturated carbocycles. The van der Waals surface area contributed by atoms with Gasteiger partial charge in [-0.1, -0.05) is 19.1 Å². The van der Waals surface area contributed by atoms with Gasteiger partial charge in [0.25, 0.3) is 5.92 Å². The zero-order chi connectivity index (χ0) is 8.32. The SMILES string of the molecule is CC/C=C/CN1CC(F)(F)C1. The fourth-order valence-electron chi connectivity index (χ4n) is 1.13. The molecular formula is C8H13F2N. The number of nitrogens with zero attached hydrogens (tertiary/aromatic N) is 1. The summed E-state index contributed by atoms with van der Waals surface area (Å²) in [5.41, 5.74) is 0. The highest BCUT2D eigenvalue weighted by molar-refractivity contribution is 4.92. The molecule has 0 unspecified atom stereocenters. The van der Waals surface area contributed by atoms with Crippen molar-refractivity contribution in [3.63, 3.8) is 0 Å². The molecule has 11 heavy (non-hydrogen) atoms. The van der Waals surface area contributed by atoms with Gasteiger partial charge < -0.3 is 0 Å². The molecule has 1 heterocycles. The molecule has 0 aliphatic carbocycles. The summed E-state index contributed by atoms with van der Waals surface area (Å²) >= 11 is 0. The molecule has 0 aromatic heterocycles. The van der Waals surface area contributed by atoms with Crippen LogP contribution in [0.1, 0.15) is 13.3 Å². The van der Waals surface area contributed by atoms with Crippen molar-refractivity contribution in [1.82, 2.24) is 4.90 Å². The Kier molecular flexibility index (Phi) is 2.60. The summed E-state index contributed by atoms with van der Waals surface area (Å²) < 4.78 is 24.5. The molecule has 1 aliphatic rings. The van der Waals surface area contributed by atoms with Crippen LogP contribution in [0.2, 0.25) is 0 Å². The van der Waals surface area contributed by atoms with E-state index >= 15 is 0 Å². The Morgan fingerprint density at radius 1 is 1.36 bits per heavy atom. The van der Waals surface area contributed by atoms with Crippen molar-refractivity contribution in [1.29, 1.82) is 0 Å². The molecule has 1 aliphatic heterocycles. The van der Waals surface area contributed by atoms with Gasteiger partial charge in [-0.15, -0.1) is 0 Å². The second-order valence-corrected chi connectivity index (χ2v) is 2.91. The zero-order valence-corrected chi connectivity index (χ0v) is 6.69. The summed E-state index contributed by atoms with van der Waals surface area (Å²) in [6.07, 6.45) is 4.91. The van der Waals surface area contributed by atoms with E-state index < -0.39 is 5.92 Å². The third-order valence-corrected chi connectivity index (χ3v) is 1.68. The van der Waals surface area contributed by atoms with Crippen molar-refractivity contribution in [3.05, 3.63) is 12.2 Å². The van der Waals surface area contributed by atoms with E-state index in [-0.39, 0.29) is 13.1 Å². The Morgan fingerprint density at radius 3 is 2.45 bits per heavy atom. The first-order valence-electron chi connectivity index (χ1n) is 3.89. The minimum absolute atomic E-state index is 0.0684. The van der Waals surface area contributed by atoms with Crippen molar-refractivity contribution < 1.29 is 8.78 Å². The van der Waals surface area contributed by atoms with E-state index in [1.807, 2.05) is 19.1 Å². The minimum atomic E-state index is -2.42. The summed E-state index contributed by atoms with van der Waals surface area (Å²) in [6, 6.07) is 0. The molecule has 3 heteroatoms. The Labute approximate surface area is 65.7 Å². The molecule has 1 rings (SSSR count). The predicted molar refractivity (Wildman–Crippen MR) is 40.8 cm³/mol. The zero-order valence-electron chi connectivity index (χ0n) is 6.69. The van der Waals surface area contributed by atoms with Gasteiger partial charge in [-0.25, -0.2) is 8.78 Å². The van der Waals surface area contributed by atoms with Crippen LogP contribution in [0.25, 0.3) is 0 Å². The molecule has 0 radical (unpaired) electrons. The first-order valence-corrected chi connectivity index (χ1v) is 3.89. The highest BCUT2D eigenvalue weighted by Gasteiger charge is 2.42. The second kappa shape index (κ2) is 3.30. The van der Waals surface area contributed by atoms with Gasteiger partial charge in [0.2, 0.25) is 0 Å². The van der Waals surface area contributed by atoms with Crippen LogP contribution in [0, 0.1) is 0 Å². The van der Waals surface area contributed by atoms with Gasteiger partial charge in [0.05, 0.1) is 13.1 Å². The van der Waals surface area contributed by atoms with Gasteiger partial charge in [0.1, 0.15) is 0 Å². The molecule has 0 bridgehead atoms. The van der Waals surface area contributed by atoms with Crippen LogP contribution in [0.3, 0.4) is 0 Å². The standard InChI is InChI=1S/C8H13F2N/c1-2-3-4-5-11-6-8(9,10)7-11/h3-4H,2,5-7H2,1H3/b4-3+. The number of allylic oxidation sites excluding steroid dienone is 1. The summed E-state index contributed by atoms with van der Waals surface area (Å²) in [6.45, 7) is 2.56. The first-order chi connectivity index (χ1) is 5.14. The Balaban J connectivity index is 2.09. The second-order valence-electron chi connectivity index (χ2n) is 2.91. The molecule has 0 aromatic carbocycles. The van der Waals surface area contributed by atoms with E-state index in [1.165, 1.54) is 0 Å². The monoisotopic (exact) mass is 161 g/mol.